The number of carboxylic acids is 1. The predicted octanol–water partition coefficient (Wildman–Crippen LogP) is 5.63. The zero-order valence-corrected chi connectivity index (χ0v) is 22.8. The van der Waals surface area contributed by atoms with E-state index in [0.717, 1.165) is 6.07 Å². The number of rotatable bonds is 10. The van der Waals surface area contributed by atoms with Crippen LogP contribution in [-0.4, -0.2) is 39.3 Å². The first-order chi connectivity index (χ1) is 20.8. The first-order valence-electron chi connectivity index (χ1n) is 13.0. The van der Waals surface area contributed by atoms with E-state index in [1.807, 2.05) is 16.7 Å². The van der Waals surface area contributed by atoms with Gasteiger partial charge in [0.25, 0.3) is 0 Å². The first-order valence-corrected chi connectivity index (χ1v) is 13.0. The van der Waals surface area contributed by atoms with Gasteiger partial charge in [-0.3, -0.25) is 0 Å². The number of halogens is 2. The van der Waals surface area contributed by atoms with Crippen LogP contribution in [-0.2, 0) is 24.3 Å². The first kappa shape index (κ1) is 28.9. The average molecular weight is 580 g/mol. The molecule has 0 aliphatic heterocycles. The molecule has 11 heteroatoms. The molecule has 1 N–H and O–H groups in total. The van der Waals surface area contributed by atoms with Crippen molar-refractivity contribution < 1.29 is 28.2 Å². The number of pyridine rings is 1. The van der Waals surface area contributed by atoms with Gasteiger partial charge in [0.15, 0.2) is 0 Å². The Kier molecular flexibility index (Phi) is 8.37. The highest BCUT2D eigenvalue weighted by Crippen LogP contribution is 2.28. The van der Waals surface area contributed by atoms with Gasteiger partial charge in [-0.1, -0.05) is 18.2 Å². The summed E-state index contributed by atoms with van der Waals surface area (Å²) in [6.07, 6.45) is 0.116. The number of benzene rings is 3. The molecular formula is C32H23F2N5O4. The van der Waals surface area contributed by atoms with Gasteiger partial charge in [-0.15, -0.1) is 0 Å². The number of hydrogen-bond donors (Lipinski definition) is 1. The monoisotopic (exact) mass is 579 g/mol. The second-order valence-corrected chi connectivity index (χ2v) is 9.53. The lowest BCUT2D eigenvalue weighted by atomic mass is 10.0. The standard InChI is InChI=1S/C32H23F2N5O4/c1-42-11-10-39-28-14-22(32(40)41)6-8-27(28)37-29(39)15-20-4-5-21(13-26(20)34)31-23(17-36)7-9-30(38-31)43-18-24-3-2-19(16-35)12-25(24)33/h2-9,12-14H,10-11,15,18H2,1H3,(H,40,41). The second kappa shape index (κ2) is 12.5. The van der Waals surface area contributed by atoms with Crippen LogP contribution in [0.25, 0.3) is 22.3 Å². The lowest BCUT2D eigenvalue weighted by Crippen LogP contribution is -2.10. The van der Waals surface area contributed by atoms with Crippen molar-refractivity contribution in [3.8, 4) is 29.3 Å². The second-order valence-electron chi connectivity index (χ2n) is 9.53. The summed E-state index contributed by atoms with van der Waals surface area (Å²) in [5.41, 5.74) is 2.76. The topological polar surface area (TPSA) is 134 Å². The largest absolute Gasteiger partial charge is 0.478 e. The molecule has 9 nitrogen and oxygen atoms in total. The molecule has 0 saturated heterocycles. The van der Waals surface area contributed by atoms with Crippen molar-refractivity contribution in [2.75, 3.05) is 13.7 Å². The van der Waals surface area contributed by atoms with Crippen LogP contribution < -0.4 is 4.74 Å². The highest BCUT2D eigenvalue weighted by Gasteiger charge is 2.17. The van der Waals surface area contributed by atoms with Crippen molar-refractivity contribution in [2.24, 2.45) is 0 Å². The lowest BCUT2D eigenvalue weighted by Gasteiger charge is -2.12. The Morgan fingerprint density at radius 2 is 1.74 bits per heavy atom. The molecule has 0 aliphatic rings. The number of carbonyl (C=O) groups is 1. The molecule has 214 valence electrons. The Labute approximate surface area is 244 Å². The third kappa shape index (κ3) is 6.17. The predicted molar refractivity (Wildman–Crippen MR) is 151 cm³/mol. The van der Waals surface area contributed by atoms with Crippen LogP contribution in [0.2, 0.25) is 0 Å². The maximum atomic E-state index is 15.5. The number of aromatic carboxylic acids is 1. The van der Waals surface area contributed by atoms with Gasteiger partial charge in [-0.2, -0.15) is 10.5 Å². The summed E-state index contributed by atoms with van der Waals surface area (Å²) in [5, 5.41) is 28.0. The van der Waals surface area contributed by atoms with Crippen LogP contribution >= 0.6 is 0 Å². The summed E-state index contributed by atoms with van der Waals surface area (Å²) in [4.78, 5) is 20.5. The van der Waals surface area contributed by atoms with Crippen LogP contribution in [0.3, 0.4) is 0 Å². The molecule has 0 spiro atoms. The minimum Gasteiger partial charge on any atom is -0.478 e. The Hall–Kier alpha value is -5.65. The van der Waals surface area contributed by atoms with E-state index in [9.17, 15) is 19.6 Å². The van der Waals surface area contributed by atoms with E-state index < -0.39 is 17.6 Å². The lowest BCUT2D eigenvalue weighted by molar-refractivity contribution is 0.0697. The summed E-state index contributed by atoms with van der Waals surface area (Å²) in [5.74, 6) is -1.57. The van der Waals surface area contributed by atoms with Gasteiger partial charge in [0.05, 0.1) is 46.1 Å². The zero-order valence-electron chi connectivity index (χ0n) is 22.8. The molecule has 0 radical (unpaired) electrons. The fourth-order valence-corrected chi connectivity index (χ4v) is 4.60. The minimum absolute atomic E-state index is 0.106. The van der Waals surface area contributed by atoms with Gasteiger partial charge < -0.3 is 19.1 Å². The number of nitrogens with zero attached hydrogens (tertiary/aromatic N) is 5. The number of methoxy groups -OCH3 is 1. The Balaban J connectivity index is 1.42. The average Bonchev–Trinajstić information content (AvgIpc) is 3.36. The summed E-state index contributed by atoms with van der Waals surface area (Å²) in [7, 11) is 1.55. The maximum absolute atomic E-state index is 15.5. The van der Waals surface area contributed by atoms with E-state index in [1.54, 1.807) is 25.3 Å². The fraction of sp³-hybridized carbons (Fsp3) is 0.156. The van der Waals surface area contributed by atoms with E-state index in [-0.39, 0.29) is 46.9 Å². The molecule has 0 saturated carbocycles. The number of hydrogen-bond acceptors (Lipinski definition) is 7. The van der Waals surface area contributed by atoms with E-state index in [0.29, 0.717) is 41.1 Å². The Morgan fingerprint density at radius 1 is 0.953 bits per heavy atom. The molecule has 5 aromatic rings. The molecule has 5 rings (SSSR count). The van der Waals surface area contributed by atoms with Gasteiger partial charge >= 0.3 is 5.97 Å². The van der Waals surface area contributed by atoms with Gasteiger partial charge in [0, 0.05) is 37.3 Å². The normalized spacial score (nSPS) is 10.8. The number of imidazole rings is 1. The van der Waals surface area contributed by atoms with Crippen LogP contribution in [0.5, 0.6) is 5.88 Å². The van der Waals surface area contributed by atoms with Crippen molar-refractivity contribution in [3.05, 3.63) is 112 Å². The van der Waals surface area contributed by atoms with Gasteiger partial charge in [-0.05, 0) is 48.0 Å². The quantitative estimate of drug-likeness (QED) is 0.225. The van der Waals surface area contributed by atoms with Crippen molar-refractivity contribution in [2.45, 2.75) is 19.6 Å². The Morgan fingerprint density at radius 3 is 2.44 bits per heavy atom. The van der Waals surface area contributed by atoms with Crippen LogP contribution in [0.15, 0.2) is 66.7 Å². The summed E-state index contributed by atoms with van der Waals surface area (Å²) in [6, 6.07) is 20.0. The summed E-state index contributed by atoms with van der Waals surface area (Å²) < 4.78 is 42.4. The molecule has 3 aromatic carbocycles. The van der Waals surface area contributed by atoms with Crippen molar-refractivity contribution >= 4 is 17.0 Å². The van der Waals surface area contributed by atoms with E-state index >= 15 is 4.39 Å². The number of carboxylic acid groups (broad SMARTS) is 1. The van der Waals surface area contributed by atoms with E-state index in [2.05, 4.69) is 9.97 Å². The van der Waals surface area contributed by atoms with E-state index in [1.165, 1.54) is 42.5 Å². The number of nitriles is 2. The van der Waals surface area contributed by atoms with Gasteiger partial charge in [0.1, 0.15) is 30.1 Å². The molecule has 43 heavy (non-hydrogen) atoms. The third-order valence-electron chi connectivity index (χ3n) is 6.82. The molecule has 0 amide bonds. The Bertz CT molecular complexity index is 1940. The van der Waals surface area contributed by atoms with Crippen LogP contribution in [0, 0.1) is 34.3 Å². The highest BCUT2D eigenvalue weighted by molar-refractivity contribution is 5.92. The van der Waals surface area contributed by atoms with Crippen molar-refractivity contribution in [1.29, 1.82) is 10.5 Å². The van der Waals surface area contributed by atoms with Gasteiger partial charge in [0.2, 0.25) is 5.88 Å². The number of ether oxygens (including phenoxy) is 2. The molecular weight excluding hydrogens is 556 g/mol. The molecule has 0 aliphatic carbocycles. The molecule has 0 atom stereocenters. The molecule has 0 bridgehead atoms. The highest BCUT2D eigenvalue weighted by atomic mass is 19.1. The smallest absolute Gasteiger partial charge is 0.335 e. The summed E-state index contributed by atoms with van der Waals surface area (Å²) in [6.45, 7) is 0.566. The number of aromatic nitrogens is 3. The van der Waals surface area contributed by atoms with Crippen LogP contribution in [0.4, 0.5) is 8.78 Å². The SMILES string of the molecule is COCCn1c(Cc2ccc(-c3nc(OCc4ccc(C#N)cc4F)ccc3C#N)cc2F)nc2ccc(C(=O)O)cc21. The molecule has 0 unspecified atom stereocenters. The minimum atomic E-state index is -1.06. The third-order valence-corrected chi connectivity index (χ3v) is 6.82. The molecule has 0 fully saturated rings. The molecule has 2 heterocycles. The molecule has 2 aromatic heterocycles. The summed E-state index contributed by atoms with van der Waals surface area (Å²) >= 11 is 0. The fourth-order valence-electron chi connectivity index (χ4n) is 4.60. The number of fused-ring (bicyclic) bond motifs is 1. The van der Waals surface area contributed by atoms with Crippen molar-refractivity contribution in [1.82, 2.24) is 14.5 Å². The zero-order chi connectivity index (χ0) is 30.5. The van der Waals surface area contributed by atoms with Crippen molar-refractivity contribution in [3.63, 3.8) is 0 Å². The van der Waals surface area contributed by atoms with Gasteiger partial charge in [-0.25, -0.2) is 23.5 Å². The van der Waals surface area contributed by atoms with E-state index in [4.69, 9.17) is 14.7 Å². The van der Waals surface area contributed by atoms with Crippen LogP contribution in [0.1, 0.15) is 38.4 Å². The maximum Gasteiger partial charge on any atom is 0.335 e.